The summed E-state index contributed by atoms with van der Waals surface area (Å²) in [5, 5.41) is 3.17. The Hall–Kier alpha value is -2.93. The third kappa shape index (κ3) is 5.36. The average Bonchev–Trinajstić information content (AvgIpc) is 2.79. The molecule has 1 atom stereocenters. The molecule has 1 N–H and O–H groups in total. The molecule has 2 saturated heterocycles. The number of aromatic nitrogens is 1. The molecule has 7 nitrogen and oxygen atoms in total. The van der Waals surface area contributed by atoms with Gasteiger partial charge in [0.1, 0.15) is 11.9 Å². The maximum Gasteiger partial charge on any atom is 0.237 e. The highest BCUT2D eigenvalue weighted by Gasteiger charge is 2.31. The quantitative estimate of drug-likeness (QED) is 0.697. The van der Waals surface area contributed by atoms with Gasteiger partial charge in [-0.2, -0.15) is 0 Å². The van der Waals surface area contributed by atoms with Crippen molar-refractivity contribution in [3.63, 3.8) is 0 Å². The van der Waals surface area contributed by atoms with Gasteiger partial charge in [0.2, 0.25) is 11.8 Å². The summed E-state index contributed by atoms with van der Waals surface area (Å²) in [4.78, 5) is 33.6. The van der Waals surface area contributed by atoms with Crippen LogP contribution in [0, 0.1) is 17.8 Å². The Bertz CT molecular complexity index is 936. The van der Waals surface area contributed by atoms with Gasteiger partial charge in [-0.15, -0.1) is 0 Å². The van der Waals surface area contributed by atoms with Crippen molar-refractivity contribution in [1.29, 1.82) is 0 Å². The third-order valence-electron chi connectivity index (χ3n) is 6.80. The minimum absolute atomic E-state index is 0.0209. The average molecular weight is 451 g/mol. The Morgan fingerprint density at radius 2 is 1.76 bits per heavy atom. The lowest BCUT2D eigenvalue weighted by Crippen LogP contribution is -2.51. The highest BCUT2D eigenvalue weighted by molar-refractivity contribution is 6.02. The number of rotatable bonds is 7. The van der Waals surface area contributed by atoms with Gasteiger partial charge < -0.3 is 15.0 Å². The third-order valence-corrected chi connectivity index (χ3v) is 6.80. The van der Waals surface area contributed by atoms with Gasteiger partial charge in [-0.1, -0.05) is 20.8 Å². The molecule has 0 saturated carbocycles. The van der Waals surface area contributed by atoms with Gasteiger partial charge in [0.05, 0.1) is 17.8 Å². The van der Waals surface area contributed by atoms with E-state index in [9.17, 15) is 9.59 Å². The standard InChI is InChI=1S/C26H34N4O3/c1-18(2)19(3)25(31)29-13-10-24(11-14-29)33-23-8-6-21(7-9-23)30(22-5-4-12-27-17-22)26(32)20-15-28-16-20/h4-9,12,17-20,24,28H,10-11,13-16H2,1-3H3. The number of nitrogens with zero attached hydrogens (tertiary/aromatic N) is 3. The second-order valence-electron chi connectivity index (χ2n) is 9.41. The van der Waals surface area contributed by atoms with Crippen molar-refractivity contribution in [3.8, 4) is 5.75 Å². The minimum Gasteiger partial charge on any atom is -0.490 e. The van der Waals surface area contributed by atoms with Crippen molar-refractivity contribution < 1.29 is 14.3 Å². The Balaban J connectivity index is 1.38. The number of ether oxygens (including phenoxy) is 1. The van der Waals surface area contributed by atoms with E-state index >= 15 is 0 Å². The summed E-state index contributed by atoms with van der Waals surface area (Å²) in [6.45, 7) is 9.07. The first-order valence-corrected chi connectivity index (χ1v) is 11.9. The molecule has 2 aliphatic rings. The molecule has 1 unspecified atom stereocenters. The molecule has 2 fully saturated rings. The molecule has 176 valence electrons. The van der Waals surface area contributed by atoms with Gasteiger partial charge in [-0.05, 0) is 42.3 Å². The number of carbonyl (C=O) groups excluding carboxylic acids is 2. The van der Waals surface area contributed by atoms with Gasteiger partial charge in [0.15, 0.2) is 0 Å². The molecule has 0 bridgehead atoms. The first kappa shape index (κ1) is 23.2. The van der Waals surface area contributed by atoms with Crippen LogP contribution in [-0.4, -0.2) is 54.0 Å². The lowest BCUT2D eigenvalue weighted by atomic mass is 9.95. The van der Waals surface area contributed by atoms with E-state index in [2.05, 4.69) is 24.1 Å². The Morgan fingerprint density at radius 3 is 2.30 bits per heavy atom. The van der Waals surface area contributed by atoms with Crippen molar-refractivity contribution in [2.24, 2.45) is 17.8 Å². The minimum atomic E-state index is -0.0209. The summed E-state index contributed by atoms with van der Waals surface area (Å²) >= 11 is 0. The van der Waals surface area contributed by atoms with Crippen molar-refractivity contribution in [3.05, 3.63) is 48.8 Å². The number of nitrogens with one attached hydrogen (secondary N) is 1. The maximum absolute atomic E-state index is 13.1. The number of benzene rings is 1. The SMILES string of the molecule is CC(C)C(C)C(=O)N1CCC(Oc2ccc(N(C(=O)C3CNC3)c3cccnc3)cc2)CC1. The predicted octanol–water partition coefficient (Wildman–Crippen LogP) is 3.63. The number of amides is 2. The molecule has 0 spiro atoms. The van der Waals surface area contributed by atoms with E-state index < -0.39 is 0 Å². The second-order valence-corrected chi connectivity index (χ2v) is 9.41. The zero-order chi connectivity index (χ0) is 23.4. The number of anilines is 2. The smallest absolute Gasteiger partial charge is 0.237 e. The van der Waals surface area contributed by atoms with E-state index in [0.29, 0.717) is 19.0 Å². The van der Waals surface area contributed by atoms with Crippen LogP contribution < -0.4 is 15.0 Å². The molecular formula is C26H34N4O3. The van der Waals surface area contributed by atoms with Crippen LogP contribution in [0.25, 0.3) is 0 Å². The molecule has 0 radical (unpaired) electrons. The lowest BCUT2D eigenvalue weighted by molar-refractivity contribution is -0.138. The second kappa shape index (κ2) is 10.3. The first-order chi connectivity index (χ1) is 15.9. The predicted molar refractivity (Wildman–Crippen MR) is 128 cm³/mol. The molecule has 7 heteroatoms. The number of piperidine rings is 1. The van der Waals surface area contributed by atoms with Gasteiger partial charge in [0.25, 0.3) is 0 Å². The Kier molecular flexibility index (Phi) is 7.28. The van der Waals surface area contributed by atoms with Crippen molar-refractivity contribution >= 4 is 23.2 Å². The van der Waals surface area contributed by atoms with E-state index in [1.54, 1.807) is 17.3 Å². The number of likely N-dealkylation sites (tertiary alicyclic amines) is 1. The molecule has 2 amide bonds. The van der Waals surface area contributed by atoms with Crippen LogP contribution in [0.2, 0.25) is 0 Å². The van der Waals surface area contributed by atoms with Gasteiger partial charge in [0, 0.05) is 56.8 Å². The monoisotopic (exact) mass is 450 g/mol. The van der Waals surface area contributed by atoms with E-state index in [4.69, 9.17) is 4.74 Å². The molecular weight excluding hydrogens is 416 g/mol. The molecule has 1 aromatic carbocycles. The zero-order valence-corrected chi connectivity index (χ0v) is 19.7. The van der Waals surface area contributed by atoms with Crippen LogP contribution in [0.15, 0.2) is 48.8 Å². The molecule has 33 heavy (non-hydrogen) atoms. The molecule has 4 rings (SSSR count). The number of hydrogen-bond donors (Lipinski definition) is 1. The zero-order valence-electron chi connectivity index (χ0n) is 19.7. The maximum atomic E-state index is 13.1. The van der Waals surface area contributed by atoms with Gasteiger partial charge in [-0.25, -0.2) is 0 Å². The first-order valence-electron chi connectivity index (χ1n) is 11.9. The summed E-state index contributed by atoms with van der Waals surface area (Å²) in [5.74, 6) is 1.48. The molecule has 2 aliphatic heterocycles. The van der Waals surface area contributed by atoms with Crippen LogP contribution in [0.3, 0.4) is 0 Å². The van der Waals surface area contributed by atoms with Crippen LogP contribution >= 0.6 is 0 Å². The fourth-order valence-corrected chi connectivity index (χ4v) is 4.17. The summed E-state index contributed by atoms with van der Waals surface area (Å²) in [7, 11) is 0. The summed E-state index contributed by atoms with van der Waals surface area (Å²) in [5.41, 5.74) is 1.56. The van der Waals surface area contributed by atoms with Gasteiger partial charge in [-0.3, -0.25) is 19.5 Å². The summed E-state index contributed by atoms with van der Waals surface area (Å²) in [6, 6.07) is 11.4. The van der Waals surface area contributed by atoms with Crippen molar-refractivity contribution in [1.82, 2.24) is 15.2 Å². The number of hydrogen-bond acceptors (Lipinski definition) is 5. The van der Waals surface area contributed by atoms with Crippen molar-refractivity contribution in [2.75, 3.05) is 31.1 Å². The Morgan fingerprint density at radius 1 is 1.06 bits per heavy atom. The highest BCUT2D eigenvalue weighted by atomic mass is 16.5. The topological polar surface area (TPSA) is 74.8 Å². The largest absolute Gasteiger partial charge is 0.490 e. The number of carbonyl (C=O) groups is 2. The number of pyridine rings is 1. The van der Waals surface area contributed by atoms with Gasteiger partial charge >= 0.3 is 0 Å². The summed E-state index contributed by atoms with van der Waals surface area (Å²) < 4.78 is 6.21. The van der Waals surface area contributed by atoms with E-state index in [0.717, 1.165) is 43.1 Å². The molecule has 2 aromatic rings. The lowest BCUT2D eigenvalue weighted by Gasteiger charge is -2.34. The Labute approximate surface area is 196 Å². The van der Waals surface area contributed by atoms with Crippen LogP contribution in [0.4, 0.5) is 11.4 Å². The molecule has 1 aromatic heterocycles. The van der Waals surface area contributed by atoms with Crippen LogP contribution in [-0.2, 0) is 9.59 Å². The highest BCUT2D eigenvalue weighted by Crippen LogP contribution is 2.30. The van der Waals surface area contributed by atoms with Crippen molar-refractivity contribution in [2.45, 2.75) is 39.7 Å². The summed E-state index contributed by atoms with van der Waals surface area (Å²) in [6.07, 6.45) is 5.16. The van der Waals surface area contributed by atoms with E-state index in [1.807, 2.05) is 48.2 Å². The van der Waals surface area contributed by atoms with E-state index in [-0.39, 0.29) is 29.8 Å². The molecule has 3 heterocycles. The van der Waals surface area contributed by atoms with E-state index in [1.165, 1.54) is 0 Å². The fourth-order valence-electron chi connectivity index (χ4n) is 4.17. The van der Waals surface area contributed by atoms with Crippen LogP contribution in [0.1, 0.15) is 33.6 Å². The normalized spacial score (nSPS) is 18.0. The fraction of sp³-hybridized carbons (Fsp3) is 0.500. The molecule has 0 aliphatic carbocycles. The van der Waals surface area contributed by atoms with Crippen LogP contribution in [0.5, 0.6) is 5.75 Å².